The zero-order chi connectivity index (χ0) is 15.8. The summed E-state index contributed by atoms with van der Waals surface area (Å²) in [6.07, 6.45) is 5.77. The van der Waals surface area contributed by atoms with Gasteiger partial charge in [0.2, 0.25) is 5.88 Å². The first kappa shape index (κ1) is 14.5. The SMILES string of the molecule is CC(C)N1CCC(c2nc3cccnc3n2-c2ccco2)CC1. The van der Waals surface area contributed by atoms with E-state index in [1.54, 1.807) is 6.26 Å². The highest BCUT2D eigenvalue weighted by Crippen LogP contribution is 2.32. The van der Waals surface area contributed by atoms with Gasteiger partial charge in [-0.2, -0.15) is 0 Å². The van der Waals surface area contributed by atoms with E-state index in [0.29, 0.717) is 12.0 Å². The van der Waals surface area contributed by atoms with Crippen LogP contribution in [0.5, 0.6) is 0 Å². The summed E-state index contributed by atoms with van der Waals surface area (Å²) in [5.74, 6) is 2.33. The molecule has 0 aliphatic carbocycles. The number of likely N-dealkylation sites (tertiary alicyclic amines) is 1. The lowest BCUT2D eigenvalue weighted by Crippen LogP contribution is -2.38. The Morgan fingerprint density at radius 3 is 2.70 bits per heavy atom. The summed E-state index contributed by atoms with van der Waals surface area (Å²) in [7, 11) is 0. The smallest absolute Gasteiger partial charge is 0.206 e. The van der Waals surface area contributed by atoms with E-state index in [2.05, 4.69) is 28.3 Å². The third-order valence-corrected chi connectivity index (χ3v) is 4.79. The Bertz CT molecular complexity index is 783. The van der Waals surface area contributed by atoms with Crippen molar-refractivity contribution in [3.05, 3.63) is 42.5 Å². The van der Waals surface area contributed by atoms with Crippen LogP contribution in [0.3, 0.4) is 0 Å². The Morgan fingerprint density at radius 2 is 2.00 bits per heavy atom. The topological polar surface area (TPSA) is 47.1 Å². The number of pyridine rings is 1. The Kier molecular flexibility index (Phi) is 3.65. The molecule has 0 saturated carbocycles. The van der Waals surface area contributed by atoms with Gasteiger partial charge in [-0.05, 0) is 58.0 Å². The molecule has 23 heavy (non-hydrogen) atoms. The van der Waals surface area contributed by atoms with Crippen LogP contribution in [0, 0.1) is 0 Å². The van der Waals surface area contributed by atoms with Crippen LogP contribution in [0.25, 0.3) is 17.0 Å². The minimum Gasteiger partial charge on any atom is -0.448 e. The summed E-state index contributed by atoms with van der Waals surface area (Å²) in [6, 6.07) is 8.46. The minimum absolute atomic E-state index is 0.448. The summed E-state index contributed by atoms with van der Waals surface area (Å²) >= 11 is 0. The Balaban J connectivity index is 1.74. The monoisotopic (exact) mass is 310 g/mol. The van der Waals surface area contributed by atoms with Crippen molar-refractivity contribution in [3.63, 3.8) is 0 Å². The summed E-state index contributed by atoms with van der Waals surface area (Å²) in [5.41, 5.74) is 1.81. The number of furan rings is 1. The van der Waals surface area contributed by atoms with Gasteiger partial charge in [-0.3, -0.25) is 0 Å². The first-order valence-electron chi connectivity index (χ1n) is 8.35. The second-order valence-electron chi connectivity index (χ2n) is 6.51. The number of piperidine rings is 1. The van der Waals surface area contributed by atoms with Crippen molar-refractivity contribution < 1.29 is 4.42 Å². The molecule has 1 fully saturated rings. The number of imidazole rings is 1. The molecule has 0 amide bonds. The van der Waals surface area contributed by atoms with E-state index in [0.717, 1.165) is 48.8 Å². The fraction of sp³-hybridized carbons (Fsp3) is 0.444. The number of aromatic nitrogens is 3. The summed E-state index contributed by atoms with van der Waals surface area (Å²) in [5, 5.41) is 0. The fourth-order valence-electron chi connectivity index (χ4n) is 3.49. The molecule has 0 bridgehead atoms. The summed E-state index contributed by atoms with van der Waals surface area (Å²) < 4.78 is 7.74. The van der Waals surface area contributed by atoms with E-state index in [9.17, 15) is 0 Å². The molecule has 5 nitrogen and oxygen atoms in total. The average molecular weight is 310 g/mol. The summed E-state index contributed by atoms with van der Waals surface area (Å²) in [4.78, 5) is 11.9. The molecular formula is C18H22N4O. The van der Waals surface area contributed by atoms with Crippen LogP contribution in [0.1, 0.15) is 38.4 Å². The van der Waals surface area contributed by atoms with Gasteiger partial charge in [0.1, 0.15) is 11.3 Å². The van der Waals surface area contributed by atoms with Gasteiger partial charge in [0.15, 0.2) is 5.65 Å². The highest BCUT2D eigenvalue weighted by molar-refractivity contribution is 5.73. The third-order valence-electron chi connectivity index (χ3n) is 4.79. The van der Waals surface area contributed by atoms with Gasteiger partial charge in [-0.1, -0.05) is 0 Å². The van der Waals surface area contributed by atoms with Gasteiger partial charge in [0.05, 0.1) is 6.26 Å². The molecule has 4 rings (SSSR count). The van der Waals surface area contributed by atoms with Crippen molar-refractivity contribution in [1.29, 1.82) is 0 Å². The molecule has 0 unspecified atom stereocenters. The molecule has 0 N–H and O–H groups in total. The maximum absolute atomic E-state index is 5.65. The highest BCUT2D eigenvalue weighted by atomic mass is 16.3. The quantitative estimate of drug-likeness (QED) is 0.741. The van der Waals surface area contributed by atoms with Crippen LogP contribution in [-0.4, -0.2) is 38.6 Å². The molecule has 0 spiro atoms. The van der Waals surface area contributed by atoms with Gasteiger partial charge >= 0.3 is 0 Å². The van der Waals surface area contributed by atoms with Gasteiger partial charge in [0.25, 0.3) is 0 Å². The second-order valence-corrected chi connectivity index (χ2v) is 6.51. The lowest BCUT2D eigenvalue weighted by atomic mass is 9.95. The lowest BCUT2D eigenvalue weighted by molar-refractivity contribution is 0.169. The lowest BCUT2D eigenvalue weighted by Gasteiger charge is -2.34. The van der Waals surface area contributed by atoms with E-state index < -0.39 is 0 Å². The fourth-order valence-corrected chi connectivity index (χ4v) is 3.49. The highest BCUT2D eigenvalue weighted by Gasteiger charge is 2.27. The maximum Gasteiger partial charge on any atom is 0.206 e. The molecule has 5 heteroatoms. The standard InChI is InChI=1S/C18H22N4O/c1-13(2)21-10-7-14(8-11-21)17-20-15-5-3-9-19-18(15)22(17)16-6-4-12-23-16/h3-6,9,12-14H,7-8,10-11H2,1-2H3. The van der Waals surface area contributed by atoms with E-state index in [-0.39, 0.29) is 0 Å². The molecule has 0 radical (unpaired) electrons. The molecule has 3 aromatic heterocycles. The molecular weight excluding hydrogens is 288 g/mol. The predicted octanol–water partition coefficient (Wildman–Crippen LogP) is 3.60. The van der Waals surface area contributed by atoms with E-state index in [1.807, 2.05) is 30.5 Å². The number of fused-ring (bicyclic) bond motifs is 1. The third kappa shape index (κ3) is 2.55. The Morgan fingerprint density at radius 1 is 1.17 bits per heavy atom. The zero-order valence-electron chi connectivity index (χ0n) is 13.6. The first-order valence-corrected chi connectivity index (χ1v) is 8.35. The number of hydrogen-bond acceptors (Lipinski definition) is 4. The van der Waals surface area contributed by atoms with Gasteiger partial charge in [0, 0.05) is 24.2 Å². The van der Waals surface area contributed by atoms with Crippen LogP contribution in [0.4, 0.5) is 0 Å². The van der Waals surface area contributed by atoms with Gasteiger partial charge in [-0.25, -0.2) is 14.5 Å². The molecule has 0 atom stereocenters. The van der Waals surface area contributed by atoms with Crippen molar-refractivity contribution in [2.45, 2.75) is 38.6 Å². The largest absolute Gasteiger partial charge is 0.448 e. The maximum atomic E-state index is 5.65. The molecule has 1 aliphatic heterocycles. The van der Waals surface area contributed by atoms with Crippen molar-refractivity contribution >= 4 is 11.2 Å². The van der Waals surface area contributed by atoms with Crippen molar-refractivity contribution in [1.82, 2.24) is 19.4 Å². The molecule has 4 heterocycles. The number of hydrogen-bond donors (Lipinski definition) is 0. The Labute approximate surface area is 135 Å². The number of rotatable bonds is 3. The molecule has 3 aromatic rings. The van der Waals surface area contributed by atoms with Gasteiger partial charge < -0.3 is 9.32 Å². The molecule has 1 saturated heterocycles. The summed E-state index contributed by atoms with van der Waals surface area (Å²) in [6.45, 7) is 6.78. The predicted molar refractivity (Wildman–Crippen MR) is 89.8 cm³/mol. The normalized spacial score (nSPS) is 17.3. The second kappa shape index (κ2) is 5.81. The van der Waals surface area contributed by atoms with Crippen LogP contribution in [0.15, 0.2) is 41.1 Å². The minimum atomic E-state index is 0.448. The van der Waals surface area contributed by atoms with E-state index in [4.69, 9.17) is 9.40 Å². The van der Waals surface area contributed by atoms with E-state index >= 15 is 0 Å². The van der Waals surface area contributed by atoms with Crippen LogP contribution in [0.2, 0.25) is 0 Å². The molecule has 120 valence electrons. The molecule has 0 aromatic carbocycles. The van der Waals surface area contributed by atoms with Crippen LogP contribution in [-0.2, 0) is 0 Å². The van der Waals surface area contributed by atoms with Crippen molar-refractivity contribution in [2.75, 3.05) is 13.1 Å². The van der Waals surface area contributed by atoms with Gasteiger partial charge in [-0.15, -0.1) is 0 Å². The number of nitrogens with zero attached hydrogens (tertiary/aromatic N) is 4. The van der Waals surface area contributed by atoms with Crippen molar-refractivity contribution in [3.8, 4) is 5.88 Å². The Hall–Kier alpha value is -2.14. The van der Waals surface area contributed by atoms with Crippen LogP contribution < -0.4 is 0 Å². The first-order chi connectivity index (χ1) is 11.2. The van der Waals surface area contributed by atoms with Crippen LogP contribution >= 0.6 is 0 Å². The molecule has 1 aliphatic rings. The average Bonchev–Trinajstić information content (AvgIpc) is 3.21. The van der Waals surface area contributed by atoms with Crippen molar-refractivity contribution in [2.24, 2.45) is 0 Å². The van der Waals surface area contributed by atoms with E-state index in [1.165, 1.54) is 0 Å². The zero-order valence-corrected chi connectivity index (χ0v) is 13.6.